The lowest BCUT2D eigenvalue weighted by Gasteiger charge is -2.28. The second kappa shape index (κ2) is 5.47. The Morgan fingerprint density at radius 3 is 2.60 bits per heavy atom. The summed E-state index contributed by atoms with van der Waals surface area (Å²) in [4.78, 5) is 12.9. The van der Waals surface area contributed by atoms with Crippen LogP contribution in [0.4, 0.5) is 0 Å². The van der Waals surface area contributed by atoms with E-state index in [4.69, 9.17) is 0 Å². The summed E-state index contributed by atoms with van der Waals surface area (Å²) in [5.74, 6) is -0.194. The van der Waals surface area contributed by atoms with Crippen LogP contribution in [0.5, 0.6) is 0 Å². The Morgan fingerprint density at radius 1 is 1.47 bits per heavy atom. The van der Waals surface area contributed by atoms with E-state index in [2.05, 4.69) is 4.74 Å². The number of aliphatic hydroxyl groups is 1. The fourth-order valence-electron chi connectivity index (χ4n) is 2.16. The Bertz CT molecular complexity index is 212. The second-order valence-corrected chi connectivity index (χ2v) is 4.50. The zero-order chi connectivity index (χ0) is 11.3. The van der Waals surface area contributed by atoms with Crippen LogP contribution in [0.1, 0.15) is 32.1 Å². The van der Waals surface area contributed by atoms with Gasteiger partial charge in [-0.05, 0) is 19.9 Å². The first kappa shape index (κ1) is 12.5. The van der Waals surface area contributed by atoms with Crippen LogP contribution in [0.25, 0.3) is 0 Å². The van der Waals surface area contributed by atoms with E-state index in [1.165, 1.54) is 7.11 Å². The number of ether oxygens (including phenoxy) is 1. The molecule has 0 aromatic carbocycles. The molecule has 1 saturated carbocycles. The summed E-state index contributed by atoms with van der Waals surface area (Å²) in [6.45, 7) is 1.30. The van der Waals surface area contributed by atoms with Crippen LogP contribution in [0.3, 0.4) is 0 Å². The maximum absolute atomic E-state index is 10.9. The highest BCUT2D eigenvalue weighted by molar-refractivity contribution is 5.69. The highest BCUT2D eigenvalue weighted by Crippen LogP contribution is 2.29. The highest BCUT2D eigenvalue weighted by atomic mass is 16.5. The maximum atomic E-state index is 10.9. The monoisotopic (exact) mass is 215 g/mol. The molecule has 0 amide bonds. The normalized spacial score (nSPS) is 19.5. The largest absolute Gasteiger partial charge is 0.469 e. The Labute approximate surface area is 91.2 Å². The third-order valence-corrected chi connectivity index (χ3v) is 3.02. The Hall–Kier alpha value is -0.610. The van der Waals surface area contributed by atoms with E-state index in [9.17, 15) is 9.90 Å². The van der Waals surface area contributed by atoms with Crippen molar-refractivity contribution in [2.45, 2.75) is 37.7 Å². The molecule has 0 aromatic rings. The summed E-state index contributed by atoms with van der Waals surface area (Å²) in [6.07, 6.45) is 4.39. The quantitative estimate of drug-likeness (QED) is 0.689. The molecule has 0 radical (unpaired) electrons. The average Bonchev–Trinajstić information content (AvgIpc) is 2.61. The molecule has 0 aliphatic heterocycles. The molecule has 0 bridgehead atoms. The van der Waals surface area contributed by atoms with Gasteiger partial charge in [0.25, 0.3) is 0 Å². The summed E-state index contributed by atoms with van der Waals surface area (Å²) < 4.78 is 4.57. The number of esters is 1. The van der Waals surface area contributed by atoms with Gasteiger partial charge in [-0.15, -0.1) is 0 Å². The lowest BCUT2D eigenvalue weighted by molar-refractivity contribution is -0.141. The molecule has 15 heavy (non-hydrogen) atoms. The molecule has 0 aromatic heterocycles. The number of methoxy groups -OCH3 is 1. The van der Waals surface area contributed by atoms with Crippen molar-refractivity contribution in [3.8, 4) is 0 Å². The molecule has 88 valence electrons. The summed E-state index contributed by atoms with van der Waals surface area (Å²) in [5.41, 5.74) is -0.523. The van der Waals surface area contributed by atoms with Crippen LogP contribution >= 0.6 is 0 Å². The van der Waals surface area contributed by atoms with Crippen molar-refractivity contribution in [2.75, 3.05) is 27.2 Å². The number of rotatable bonds is 5. The van der Waals surface area contributed by atoms with Crippen molar-refractivity contribution < 1.29 is 14.6 Å². The molecule has 0 unspecified atom stereocenters. The van der Waals surface area contributed by atoms with Gasteiger partial charge in [0.1, 0.15) is 0 Å². The zero-order valence-electron chi connectivity index (χ0n) is 9.66. The predicted molar refractivity (Wildman–Crippen MR) is 57.5 cm³/mol. The maximum Gasteiger partial charge on any atom is 0.306 e. The predicted octanol–water partition coefficient (Wildman–Crippen LogP) is 0.786. The highest BCUT2D eigenvalue weighted by Gasteiger charge is 2.31. The van der Waals surface area contributed by atoms with Crippen molar-refractivity contribution in [1.82, 2.24) is 4.90 Å². The van der Waals surface area contributed by atoms with E-state index >= 15 is 0 Å². The molecule has 1 fully saturated rings. The van der Waals surface area contributed by atoms with Gasteiger partial charge in [-0.25, -0.2) is 0 Å². The Kier molecular flexibility index (Phi) is 4.54. The smallest absolute Gasteiger partial charge is 0.306 e. The van der Waals surface area contributed by atoms with Crippen molar-refractivity contribution in [1.29, 1.82) is 0 Å². The van der Waals surface area contributed by atoms with Crippen molar-refractivity contribution in [3.63, 3.8) is 0 Å². The van der Waals surface area contributed by atoms with Crippen molar-refractivity contribution in [3.05, 3.63) is 0 Å². The van der Waals surface area contributed by atoms with Gasteiger partial charge in [-0.3, -0.25) is 4.79 Å². The van der Waals surface area contributed by atoms with Crippen LogP contribution in [0.15, 0.2) is 0 Å². The molecule has 4 heteroatoms. The van der Waals surface area contributed by atoms with E-state index in [0.717, 1.165) is 25.7 Å². The number of likely N-dealkylation sites (N-methyl/N-ethyl adjacent to an activating group) is 1. The van der Waals surface area contributed by atoms with Gasteiger partial charge in [-0.1, -0.05) is 12.8 Å². The molecule has 1 rings (SSSR count). The second-order valence-electron chi connectivity index (χ2n) is 4.50. The minimum Gasteiger partial charge on any atom is -0.469 e. The minimum absolute atomic E-state index is 0.194. The molecule has 1 aliphatic carbocycles. The number of hydrogen-bond acceptors (Lipinski definition) is 4. The lowest BCUT2D eigenvalue weighted by Crippen LogP contribution is -2.39. The molecule has 1 N–H and O–H groups in total. The molecular weight excluding hydrogens is 194 g/mol. The third-order valence-electron chi connectivity index (χ3n) is 3.02. The van der Waals surface area contributed by atoms with Gasteiger partial charge in [0.2, 0.25) is 0 Å². The van der Waals surface area contributed by atoms with E-state index in [1.807, 2.05) is 11.9 Å². The van der Waals surface area contributed by atoms with Gasteiger partial charge >= 0.3 is 5.97 Å². The summed E-state index contributed by atoms with van der Waals surface area (Å²) >= 11 is 0. The SMILES string of the molecule is COC(=O)CCN(C)CC1(O)CCCC1. The number of hydrogen-bond donors (Lipinski definition) is 1. The van der Waals surface area contributed by atoms with Gasteiger partial charge in [0.15, 0.2) is 0 Å². The molecular formula is C11H21NO3. The van der Waals surface area contributed by atoms with E-state index in [1.54, 1.807) is 0 Å². The lowest BCUT2D eigenvalue weighted by atomic mass is 10.0. The topological polar surface area (TPSA) is 49.8 Å². The van der Waals surface area contributed by atoms with E-state index < -0.39 is 5.60 Å². The van der Waals surface area contributed by atoms with Crippen LogP contribution in [0, 0.1) is 0 Å². The fourth-order valence-corrected chi connectivity index (χ4v) is 2.16. The van der Waals surface area contributed by atoms with Crippen LogP contribution in [-0.2, 0) is 9.53 Å². The molecule has 0 spiro atoms. The molecule has 0 heterocycles. The molecule has 4 nitrogen and oxygen atoms in total. The van der Waals surface area contributed by atoms with E-state index in [-0.39, 0.29) is 5.97 Å². The Balaban J connectivity index is 2.23. The summed E-state index contributed by atoms with van der Waals surface area (Å²) in [5, 5.41) is 10.1. The summed E-state index contributed by atoms with van der Waals surface area (Å²) in [6, 6.07) is 0. The standard InChI is InChI=1S/C11H21NO3/c1-12(8-5-10(13)15-2)9-11(14)6-3-4-7-11/h14H,3-9H2,1-2H3. The summed E-state index contributed by atoms with van der Waals surface area (Å²) in [7, 11) is 3.33. The van der Waals surface area contributed by atoms with Crippen molar-refractivity contribution >= 4 is 5.97 Å². The number of carbonyl (C=O) groups is 1. The number of nitrogens with zero attached hydrogens (tertiary/aromatic N) is 1. The van der Waals surface area contributed by atoms with Crippen LogP contribution in [0.2, 0.25) is 0 Å². The minimum atomic E-state index is -0.523. The molecule has 1 aliphatic rings. The van der Waals surface area contributed by atoms with Gasteiger partial charge in [0, 0.05) is 13.1 Å². The average molecular weight is 215 g/mol. The van der Waals surface area contributed by atoms with Gasteiger partial charge in [-0.2, -0.15) is 0 Å². The molecule has 0 saturated heterocycles. The first-order valence-electron chi connectivity index (χ1n) is 5.53. The van der Waals surface area contributed by atoms with Gasteiger partial charge in [0.05, 0.1) is 19.1 Å². The molecule has 0 atom stereocenters. The fraction of sp³-hybridized carbons (Fsp3) is 0.909. The van der Waals surface area contributed by atoms with Crippen molar-refractivity contribution in [2.24, 2.45) is 0 Å². The van der Waals surface area contributed by atoms with Gasteiger partial charge < -0.3 is 14.7 Å². The Morgan fingerprint density at radius 2 is 2.07 bits per heavy atom. The van der Waals surface area contributed by atoms with E-state index in [0.29, 0.717) is 19.5 Å². The van der Waals surface area contributed by atoms with Crippen LogP contribution in [-0.4, -0.2) is 48.8 Å². The first-order chi connectivity index (χ1) is 7.06. The van der Waals surface area contributed by atoms with Crippen LogP contribution < -0.4 is 0 Å². The third kappa shape index (κ3) is 4.18. The first-order valence-corrected chi connectivity index (χ1v) is 5.53. The zero-order valence-corrected chi connectivity index (χ0v) is 9.66. The number of carbonyl (C=O) groups excluding carboxylic acids is 1.